The highest BCUT2D eigenvalue weighted by atomic mass is 16.5. The van der Waals surface area contributed by atoms with Crippen LogP contribution in [0.25, 0.3) is 0 Å². The van der Waals surface area contributed by atoms with Crippen LogP contribution in [0.1, 0.15) is 83.3 Å². The van der Waals surface area contributed by atoms with Crippen LogP contribution >= 0.6 is 0 Å². The molecule has 1 atom stereocenters. The number of benzene rings is 1. The zero-order valence-electron chi connectivity index (χ0n) is 13.6. The van der Waals surface area contributed by atoms with E-state index in [-0.39, 0.29) is 12.1 Å². The molecular formula is C19H30O2. The van der Waals surface area contributed by atoms with Crippen LogP contribution in [0.5, 0.6) is 0 Å². The lowest BCUT2D eigenvalue weighted by Gasteiger charge is -2.16. The average Bonchev–Trinajstić information content (AvgIpc) is 2.52. The molecule has 0 saturated carbocycles. The lowest BCUT2D eigenvalue weighted by atomic mass is 10.1. The molecule has 0 saturated heterocycles. The molecule has 2 heteroatoms. The number of carbonyl (C=O) groups excluding carboxylic acids is 1. The molecule has 0 amide bonds. The highest BCUT2D eigenvalue weighted by Gasteiger charge is 2.13. The second-order valence-electron chi connectivity index (χ2n) is 5.67. The standard InChI is InChI=1S/C19H30O2/c1-3-5-6-7-8-9-13-16-19(20)21-18(4-2)17-14-11-10-12-15-17/h10-12,14-15,18H,3-9,13,16H2,1-2H3. The highest BCUT2D eigenvalue weighted by Crippen LogP contribution is 2.21. The Bertz CT molecular complexity index is 372. The summed E-state index contributed by atoms with van der Waals surface area (Å²) in [5.74, 6) is -0.0562. The average molecular weight is 290 g/mol. The summed E-state index contributed by atoms with van der Waals surface area (Å²) >= 11 is 0. The number of rotatable bonds is 11. The fourth-order valence-electron chi connectivity index (χ4n) is 2.50. The Hall–Kier alpha value is -1.31. The molecule has 2 nitrogen and oxygen atoms in total. The predicted molar refractivity (Wildman–Crippen MR) is 88.2 cm³/mol. The van der Waals surface area contributed by atoms with Gasteiger partial charge in [-0.25, -0.2) is 0 Å². The Morgan fingerprint density at radius 3 is 2.19 bits per heavy atom. The zero-order valence-corrected chi connectivity index (χ0v) is 13.6. The first-order valence-electron chi connectivity index (χ1n) is 8.52. The number of ether oxygens (including phenoxy) is 1. The minimum absolute atomic E-state index is 0.0562. The predicted octanol–water partition coefficient (Wildman–Crippen LogP) is 5.82. The summed E-state index contributed by atoms with van der Waals surface area (Å²) in [6.45, 7) is 4.28. The first-order chi connectivity index (χ1) is 10.3. The molecule has 0 radical (unpaired) electrons. The van der Waals surface area contributed by atoms with Crippen molar-refractivity contribution in [1.82, 2.24) is 0 Å². The molecule has 1 aromatic rings. The third kappa shape index (κ3) is 7.89. The fraction of sp³-hybridized carbons (Fsp3) is 0.632. The van der Waals surface area contributed by atoms with Gasteiger partial charge >= 0.3 is 5.97 Å². The van der Waals surface area contributed by atoms with E-state index in [1.807, 2.05) is 30.3 Å². The van der Waals surface area contributed by atoms with E-state index in [9.17, 15) is 4.79 Å². The molecule has 0 aliphatic carbocycles. The maximum absolute atomic E-state index is 11.9. The van der Waals surface area contributed by atoms with Gasteiger partial charge in [0.1, 0.15) is 6.10 Å². The smallest absolute Gasteiger partial charge is 0.306 e. The molecule has 0 heterocycles. The van der Waals surface area contributed by atoms with Crippen molar-refractivity contribution in [2.24, 2.45) is 0 Å². The van der Waals surface area contributed by atoms with Gasteiger partial charge in [0.2, 0.25) is 0 Å². The van der Waals surface area contributed by atoms with E-state index in [0.29, 0.717) is 6.42 Å². The third-order valence-corrected chi connectivity index (χ3v) is 3.80. The molecule has 1 unspecified atom stereocenters. The summed E-state index contributed by atoms with van der Waals surface area (Å²) in [5.41, 5.74) is 1.09. The number of carbonyl (C=O) groups is 1. The monoisotopic (exact) mass is 290 g/mol. The second-order valence-corrected chi connectivity index (χ2v) is 5.67. The summed E-state index contributed by atoms with van der Waals surface area (Å²) in [5, 5.41) is 0. The Kier molecular flexibility index (Phi) is 9.60. The van der Waals surface area contributed by atoms with Gasteiger partial charge in [-0.05, 0) is 18.4 Å². The lowest BCUT2D eigenvalue weighted by molar-refractivity contribution is -0.149. The molecule has 1 rings (SSSR count). The summed E-state index contributed by atoms with van der Waals surface area (Å²) in [6.07, 6.45) is 9.85. The molecular weight excluding hydrogens is 260 g/mol. The van der Waals surface area contributed by atoms with Gasteiger partial charge < -0.3 is 4.74 Å². The Morgan fingerprint density at radius 1 is 0.952 bits per heavy atom. The summed E-state index contributed by atoms with van der Waals surface area (Å²) < 4.78 is 5.59. The Balaban J connectivity index is 2.17. The van der Waals surface area contributed by atoms with Crippen LogP contribution in [0, 0.1) is 0 Å². The summed E-state index contributed by atoms with van der Waals surface area (Å²) in [4.78, 5) is 11.9. The lowest BCUT2D eigenvalue weighted by Crippen LogP contribution is -2.10. The van der Waals surface area contributed by atoms with Crippen molar-refractivity contribution in [2.45, 2.75) is 77.7 Å². The van der Waals surface area contributed by atoms with E-state index in [0.717, 1.165) is 24.8 Å². The Morgan fingerprint density at radius 2 is 1.57 bits per heavy atom. The molecule has 21 heavy (non-hydrogen) atoms. The highest BCUT2D eigenvalue weighted by molar-refractivity contribution is 5.69. The molecule has 0 aliphatic heterocycles. The first-order valence-corrected chi connectivity index (χ1v) is 8.52. The topological polar surface area (TPSA) is 26.3 Å². The molecule has 118 valence electrons. The normalized spacial score (nSPS) is 12.1. The second kappa shape index (κ2) is 11.4. The van der Waals surface area contributed by atoms with Crippen molar-refractivity contribution in [2.75, 3.05) is 0 Å². The van der Waals surface area contributed by atoms with Gasteiger partial charge in [-0.3, -0.25) is 4.79 Å². The van der Waals surface area contributed by atoms with Gasteiger partial charge in [0.15, 0.2) is 0 Å². The molecule has 0 aliphatic rings. The molecule has 0 N–H and O–H groups in total. The quantitative estimate of drug-likeness (QED) is 0.379. The van der Waals surface area contributed by atoms with Crippen LogP contribution in [0.3, 0.4) is 0 Å². The van der Waals surface area contributed by atoms with E-state index in [1.54, 1.807) is 0 Å². The van der Waals surface area contributed by atoms with Crippen LogP contribution in [0.4, 0.5) is 0 Å². The summed E-state index contributed by atoms with van der Waals surface area (Å²) in [6, 6.07) is 10.0. The summed E-state index contributed by atoms with van der Waals surface area (Å²) in [7, 11) is 0. The van der Waals surface area contributed by atoms with Crippen molar-refractivity contribution in [3.05, 3.63) is 35.9 Å². The molecule has 0 bridgehead atoms. The largest absolute Gasteiger partial charge is 0.457 e. The molecule has 0 aromatic heterocycles. The van der Waals surface area contributed by atoms with Crippen molar-refractivity contribution < 1.29 is 9.53 Å². The third-order valence-electron chi connectivity index (χ3n) is 3.80. The van der Waals surface area contributed by atoms with Crippen LogP contribution in [-0.2, 0) is 9.53 Å². The van der Waals surface area contributed by atoms with E-state index < -0.39 is 0 Å². The van der Waals surface area contributed by atoms with Gasteiger partial charge in [-0.2, -0.15) is 0 Å². The molecule has 1 aromatic carbocycles. The van der Waals surface area contributed by atoms with Crippen molar-refractivity contribution in [3.8, 4) is 0 Å². The van der Waals surface area contributed by atoms with Crippen LogP contribution in [0.15, 0.2) is 30.3 Å². The van der Waals surface area contributed by atoms with E-state index in [2.05, 4.69) is 13.8 Å². The maximum Gasteiger partial charge on any atom is 0.306 e. The minimum atomic E-state index is -0.0942. The zero-order chi connectivity index (χ0) is 15.3. The van der Waals surface area contributed by atoms with Crippen LogP contribution in [0.2, 0.25) is 0 Å². The number of esters is 1. The number of hydrogen-bond donors (Lipinski definition) is 0. The number of hydrogen-bond acceptors (Lipinski definition) is 2. The van der Waals surface area contributed by atoms with Crippen molar-refractivity contribution >= 4 is 5.97 Å². The number of unbranched alkanes of at least 4 members (excludes halogenated alkanes) is 6. The maximum atomic E-state index is 11.9. The minimum Gasteiger partial charge on any atom is -0.457 e. The van der Waals surface area contributed by atoms with E-state index in [1.165, 1.54) is 32.1 Å². The van der Waals surface area contributed by atoms with Gasteiger partial charge in [0.05, 0.1) is 0 Å². The van der Waals surface area contributed by atoms with Crippen molar-refractivity contribution in [3.63, 3.8) is 0 Å². The van der Waals surface area contributed by atoms with Crippen LogP contribution in [-0.4, -0.2) is 5.97 Å². The first kappa shape index (κ1) is 17.7. The van der Waals surface area contributed by atoms with E-state index in [4.69, 9.17) is 4.74 Å². The Labute approximate surface area is 129 Å². The molecule has 0 spiro atoms. The van der Waals surface area contributed by atoms with E-state index >= 15 is 0 Å². The SMILES string of the molecule is CCCCCCCCCC(=O)OC(CC)c1ccccc1. The van der Waals surface area contributed by atoms with Gasteiger partial charge in [-0.1, -0.05) is 82.7 Å². The van der Waals surface area contributed by atoms with Crippen LogP contribution < -0.4 is 0 Å². The van der Waals surface area contributed by atoms with Gasteiger partial charge in [-0.15, -0.1) is 0 Å². The fourth-order valence-corrected chi connectivity index (χ4v) is 2.50. The van der Waals surface area contributed by atoms with Crippen molar-refractivity contribution in [1.29, 1.82) is 0 Å². The molecule has 0 fully saturated rings. The van der Waals surface area contributed by atoms with Gasteiger partial charge in [0, 0.05) is 6.42 Å². The van der Waals surface area contributed by atoms with Gasteiger partial charge in [0.25, 0.3) is 0 Å².